The molecule has 9 heteroatoms. The molecule has 29 heavy (non-hydrogen) atoms. The number of carbonyl (C=O) groups is 2. The number of carbonyl (C=O) groups excluding carboxylic acids is 2. The van der Waals surface area contributed by atoms with Crippen LogP contribution in [0, 0.1) is 20.8 Å². The number of hydrogen-bond acceptors (Lipinski definition) is 6. The van der Waals surface area contributed by atoms with Gasteiger partial charge in [0.05, 0.1) is 11.6 Å². The molecule has 2 atom stereocenters. The molecule has 0 radical (unpaired) electrons. The van der Waals surface area contributed by atoms with E-state index in [1.54, 1.807) is 43.3 Å². The van der Waals surface area contributed by atoms with Crippen molar-refractivity contribution in [3.05, 3.63) is 69.3 Å². The molecule has 2 amide bonds. The Hall–Kier alpha value is -3.10. The number of aromatic hydroxyl groups is 1. The van der Waals surface area contributed by atoms with Crippen LogP contribution in [0.5, 0.6) is 5.75 Å². The smallest absolute Gasteiger partial charge is 0.412 e. The minimum absolute atomic E-state index is 0.0616. The van der Waals surface area contributed by atoms with E-state index in [1.807, 2.05) is 6.07 Å². The van der Waals surface area contributed by atoms with E-state index in [4.69, 9.17) is 15.2 Å². The first kappa shape index (κ1) is 22.2. The molecule has 0 unspecified atom stereocenters. The minimum Gasteiger partial charge on any atom is -0.508 e. The number of nitrogens with one attached hydrogen (secondary N) is 2. The van der Waals surface area contributed by atoms with Crippen LogP contribution in [0.2, 0.25) is 0 Å². The van der Waals surface area contributed by atoms with Crippen LogP contribution in [0.15, 0.2) is 54.6 Å². The first-order valence-electron chi connectivity index (χ1n) is 8.42. The number of rotatable bonds is 6. The van der Waals surface area contributed by atoms with Crippen LogP contribution in [-0.2, 0) is 9.53 Å². The van der Waals surface area contributed by atoms with Gasteiger partial charge in [-0.1, -0.05) is 13.0 Å². The standard InChI is InChI=1S/C20H18IN3O5/c1-12(2-9-18(26)24-28)19(16-10-14(21)5-8-17(16)25)29-20(27)23-15-6-3-13(11-22)4-7-15/h2-10,12,19,25,28H,1H3,(H,23,27)(H,24,26)/b9-2+/t12-,19+/m1/s1. The third-order valence-electron chi connectivity index (χ3n) is 3.93. The molecule has 0 aliphatic rings. The second-order valence-corrected chi connectivity index (χ2v) is 7.28. The Bertz CT molecular complexity index is 954. The normalized spacial score (nSPS) is 12.6. The Morgan fingerprint density at radius 2 is 1.93 bits per heavy atom. The Kier molecular flexibility index (Phi) is 7.99. The molecule has 0 aliphatic heterocycles. The Morgan fingerprint density at radius 3 is 2.55 bits per heavy atom. The van der Waals surface area contributed by atoms with Crippen molar-refractivity contribution in [2.75, 3.05) is 5.32 Å². The highest BCUT2D eigenvalue weighted by Gasteiger charge is 2.25. The number of nitriles is 1. The number of amides is 2. The number of hydrogen-bond donors (Lipinski definition) is 4. The van der Waals surface area contributed by atoms with Crippen molar-refractivity contribution in [3.63, 3.8) is 0 Å². The molecule has 2 aromatic rings. The largest absolute Gasteiger partial charge is 0.508 e. The Morgan fingerprint density at radius 1 is 1.24 bits per heavy atom. The van der Waals surface area contributed by atoms with Gasteiger partial charge in [-0.25, -0.2) is 10.3 Å². The van der Waals surface area contributed by atoms with Crippen molar-refractivity contribution in [2.24, 2.45) is 5.92 Å². The fourth-order valence-corrected chi connectivity index (χ4v) is 2.99. The molecule has 150 valence electrons. The molecule has 0 heterocycles. The molecular formula is C20H18IN3O5. The van der Waals surface area contributed by atoms with Crippen LogP contribution >= 0.6 is 22.6 Å². The van der Waals surface area contributed by atoms with E-state index in [0.717, 1.165) is 9.65 Å². The number of benzene rings is 2. The van der Waals surface area contributed by atoms with E-state index in [9.17, 15) is 14.7 Å². The highest BCUT2D eigenvalue weighted by Crippen LogP contribution is 2.34. The van der Waals surface area contributed by atoms with Gasteiger partial charge < -0.3 is 9.84 Å². The lowest BCUT2D eigenvalue weighted by Crippen LogP contribution is -2.22. The van der Waals surface area contributed by atoms with E-state index >= 15 is 0 Å². The monoisotopic (exact) mass is 507 g/mol. The summed E-state index contributed by atoms with van der Waals surface area (Å²) in [6.45, 7) is 1.69. The van der Waals surface area contributed by atoms with Crippen molar-refractivity contribution in [1.82, 2.24) is 5.48 Å². The molecule has 0 saturated carbocycles. The van der Waals surface area contributed by atoms with Crippen molar-refractivity contribution in [1.29, 1.82) is 5.26 Å². The average molecular weight is 507 g/mol. The van der Waals surface area contributed by atoms with E-state index in [-0.39, 0.29) is 5.75 Å². The number of ether oxygens (including phenoxy) is 1. The maximum absolute atomic E-state index is 12.4. The fourth-order valence-electron chi connectivity index (χ4n) is 2.48. The average Bonchev–Trinajstić information content (AvgIpc) is 2.72. The summed E-state index contributed by atoms with van der Waals surface area (Å²) in [4.78, 5) is 23.7. The fraction of sp³-hybridized carbons (Fsp3) is 0.150. The predicted octanol–water partition coefficient (Wildman–Crippen LogP) is 3.86. The second-order valence-electron chi connectivity index (χ2n) is 6.04. The van der Waals surface area contributed by atoms with Crippen LogP contribution in [0.3, 0.4) is 0 Å². The van der Waals surface area contributed by atoms with Gasteiger partial charge in [0.2, 0.25) is 0 Å². The number of anilines is 1. The SMILES string of the molecule is C[C@H](/C=C/C(=O)NO)[C@H](OC(=O)Nc1ccc(C#N)cc1)c1cc(I)ccc1O. The molecule has 4 N–H and O–H groups in total. The third-order valence-corrected chi connectivity index (χ3v) is 4.60. The van der Waals surface area contributed by atoms with Gasteiger partial charge in [-0.15, -0.1) is 0 Å². The first-order valence-corrected chi connectivity index (χ1v) is 9.50. The first-order chi connectivity index (χ1) is 13.8. The Balaban J connectivity index is 2.25. The lowest BCUT2D eigenvalue weighted by molar-refractivity contribution is -0.124. The topological polar surface area (TPSA) is 132 Å². The van der Waals surface area contributed by atoms with E-state index in [2.05, 4.69) is 27.9 Å². The minimum atomic E-state index is -0.911. The van der Waals surface area contributed by atoms with Crippen LogP contribution in [0.4, 0.5) is 10.5 Å². The second kappa shape index (κ2) is 10.4. The summed E-state index contributed by atoms with van der Waals surface area (Å²) < 4.78 is 6.36. The summed E-state index contributed by atoms with van der Waals surface area (Å²) in [6, 6.07) is 13.1. The molecule has 0 aromatic heterocycles. The van der Waals surface area contributed by atoms with E-state index in [1.165, 1.54) is 17.6 Å². The van der Waals surface area contributed by atoms with Crippen molar-refractivity contribution >= 4 is 40.3 Å². The van der Waals surface area contributed by atoms with Crippen LogP contribution in [0.1, 0.15) is 24.2 Å². The van der Waals surface area contributed by atoms with Gasteiger partial charge in [0, 0.05) is 26.8 Å². The maximum Gasteiger partial charge on any atom is 0.412 e. The van der Waals surface area contributed by atoms with Crippen LogP contribution < -0.4 is 10.8 Å². The molecule has 2 rings (SSSR count). The molecule has 8 nitrogen and oxygen atoms in total. The molecule has 0 spiro atoms. The maximum atomic E-state index is 12.4. The van der Waals surface area contributed by atoms with Gasteiger partial charge in [-0.2, -0.15) is 5.26 Å². The third kappa shape index (κ3) is 6.48. The van der Waals surface area contributed by atoms with E-state index in [0.29, 0.717) is 16.8 Å². The summed E-state index contributed by atoms with van der Waals surface area (Å²) >= 11 is 2.07. The summed E-state index contributed by atoms with van der Waals surface area (Å²) in [5, 5.41) is 30.3. The van der Waals surface area contributed by atoms with Crippen molar-refractivity contribution in [2.45, 2.75) is 13.0 Å². The van der Waals surface area contributed by atoms with Gasteiger partial charge in [0.1, 0.15) is 11.9 Å². The lowest BCUT2D eigenvalue weighted by Gasteiger charge is -2.23. The zero-order valence-electron chi connectivity index (χ0n) is 15.3. The number of nitrogens with zero attached hydrogens (tertiary/aromatic N) is 1. The summed E-state index contributed by atoms with van der Waals surface area (Å²) in [5.74, 6) is -1.30. The summed E-state index contributed by atoms with van der Waals surface area (Å²) in [7, 11) is 0. The number of phenols is 1. The number of halogens is 1. The van der Waals surface area contributed by atoms with Crippen molar-refractivity contribution in [3.8, 4) is 11.8 Å². The zero-order valence-corrected chi connectivity index (χ0v) is 17.5. The summed E-state index contributed by atoms with van der Waals surface area (Å²) in [6.07, 6.45) is 0.866. The molecule has 2 aromatic carbocycles. The van der Waals surface area contributed by atoms with Gasteiger partial charge in [-0.05, 0) is 65.1 Å². The van der Waals surface area contributed by atoms with Crippen molar-refractivity contribution < 1.29 is 24.6 Å². The summed E-state index contributed by atoms with van der Waals surface area (Å²) in [5.41, 5.74) is 2.74. The van der Waals surface area contributed by atoms with Crippen LogP contribution in [0.25, 0.3) is 0 Å². The quantitative estimate of drug-likeness (QED) is 0.203. The molecular weight excluding hydrogens is 489 g/mol. The van der Waals surface area contributed by atoms with Gasteiger partial charge in [-0.3, -0.25) is 15.3 Å². The highest BCUT2D eigenvalue weighted by atomic mass is 127. The molecule has 0 saturated heterocycles. The molecule has 0 bridgehead atoms. The predicted molar refractivity (Wildman–Crippen MR) is 113 cm³/mol. The molecule has 0 fully saturated rings. The van der Waals surface area contributed by atoms with E-state index < -0.39 is 24.0 Å². The van der Waals surface area contributed by atoms with Gasteiger partial charge >= 0.3 is 6.09 Å². The van der Waals surface area contributed by atoms with Gasteiger partial charge in [0.15, 0.2) is 0 Å². The zero-order chi connectivity index (χ0) is 21.4. The number of hydroxylamine groups is 1. The lowest BCUT2D eigenvalue weighted by atomic mass is 9.96. The molecule has 0 aliphatic carbocycles. The number of phenolic OH excluding ortho intramolecular Hbond substituents is 1. The Labute approximate surface area is 180 Å². The van der Waals surface area contributed by atoms with Gasteiger partial charge in [0.25, 0.3) is 5.91 Å². The highest BCUT2D eigenvalue weighted by molar-refractivity contribution is 14.1. The van der Waals surface area contributed by atoms with Crippen LogP contribution in [-0.4, -0.2) is 22.3 Å².